The van der Waals surface area contributed by atoms with Crippen LogP contribution < -0.4 is 0 Å². The molecule has 0 bridgehead atoms. The Hall–Kier alpha value is -1.11. The highest BCUT2D eigenvalue weighted by atomic mass is 16.4. The summed E-state index contributed by atoms with van der Waals surface area (Å²) in [5, 5.41) is 44.8. The summed E-state index contributed by atoms with van der Waals surface area (Å²) in [4.78, 5) is 10.5. The van der Waals surface area contributed by atoms with Gasteiger partial charge in [-0.3, -0.25) is 0 Å². The number of hydrogen-bond donors (Lipinski definition) is 5. The Balaban J connectivity index is 3.00. The number of carboxylic acids is 1. The number of rotatable bonds is 1. The molecule has 2 unspecified atom stereocenters. The molecular weight excluding hydrogens is 180 g/mol. The molecule has 0 amide bonds. The van der Waals surface area contributed by atoms with Crippen LogP contribution >= 0.6 is 0 Å². The molecule has 0 spiro atoms. The fraction of sp³-hybridized carbons (Fsp3) is 0.571. The number of carboxylic acid groups (broad SMARTS) is 1. The summed E-state index contributed by atoms with van der Waals surface area (Å²) in [6.07, 6.45) is -2.94. The molecule has 6 nitrogen and oxygen atoms in total. The quantitative estimate of drug-likeness (QED) is 0.339. The van der Waals surface area contributed by atoms with Crippen LogP contribution in [0, 0.1) is 0 Å². The van der Waals surface area contributed by atoms with Gasteiger partial charge in [0.1, 0.15) is 11.9 Å². The van der Waals surface area contributed by atoms with Crippen LogP contribution in [-0.4, -0.2) is 49.3 Å². The highest BCUT2D eigenvalue weighted by Gasteiger charge is 2.43. The third-order valence-electron chi connectivity index (χ3n) is 1.94. The lowest BCUT2D eigenvalue weighted by atomic mass is 9.86. The predicted molar refractivity (Wildman–Crippen MR) is 39.9 cm³/mol. The maximum atomic E-state index is 10.5. The van der Waals surface area contributed by atoms with Crippen LogP contribution in [0.25, 0.3) is 0 Å². The van der Waals surface area contributed by atoms with Gasteiger partial charge in [-0.15, -0.1) is 0 Å². The van der Waals surface area contributed by atoms with Gasteiger partial charge in [0, 0.05) is 6.42 Å². The Morgan fingerprint density at radius 3 is 2.46 bits per heavy atom. The zero-order valence-corrected chi connectivity index (χ0v) is 6.58. The van der Waals surface area contributed by atoms with E-state index in [4.69, 9.17) is 20.4 Å². The van der Waals surface area contributed by atoms with Crippen LogP contribution in [0.4, 0.5) is 0 Å². The van der Waals surface area contributed by atoms with Crippen molar-refractivity contribution in [3.63, 3.8) is 0 Å². The molecule has 1 aliphatic rings. The second-order valence-electron chi connectivity index (χ2n) is 3.01. The normalized spacial score (nSPS) is 39.8. The topological polar surface area (TPSA) is 118 Å². The minimum absolute atomic E-state index is 0.548. The van der Waals surface area contributed by atoms with E-state index in [1.807, 2.05) is 0 Å². The van der Waals surface area contributed by atoms with Crippen molar-refractivity contribution in [3.8, 4) is 0 Å². The van der Waals surface area contributed by atoms with Gasteiger partial charge in [-0.25, -0.2) is 4.79 Å². The summed E-state index contributed by atoms with van der Waals surface area (Å²) in [5.74, 6) is -2.31. The van der Waals surface area contributed by atoms with Gasteiger partial charge in [0.15, 0.2) is 5.60 Å². The number of aliphatic hydroxyl groups excluding tert-OH is 3. The van der Waals surface area contributed by atoms with Gasteiger partial charge in [0.05, 0.1) is 6.10 Å². The largest absolute Gasteiger partial charge is 0.510 e. The van der Waals surface area contributed by atoms with Gasteiger partial charge in [-0.1, -0.05) is 0 Å². The second kappa shape index (κ2) is 2.99. The van der Waals surface area contributed by atoms with E-state index in [0.717, 1.165) is 0 Å². The fourth-order valence-corrected chi connectivity index (χ4v) is 1.17. The molecule has 0 saturated carbocycles. The van der Waals surface area contributed by atoms with Crippen molar-refractivity contribution < 1.29 is 30.3 Å². The molecule has 1 rings (SSSR count). The third-order valence-corrected chi connectivity index (χ3v) is 1.94. The Morgan fingerprint density at radius 2 is 2.08 bits per heavy atom. The van der Waals surface area contributed by atoms with Crippen LogP contribution in [0.1, 0.15) is 6.42 Å². The molecule has 1 aliphatic carbocycles. The minimum atomic E-state index is -2.30. The van der Waals surface area contributed by atoms with Crippen LogP contribution in [0.3, 0.4) is 0 Å². The van der Waals surface area contributed by atoms with Crippen molar-refractivity contribution in [1.29, 1.82) is 0 Å². The summed E-state index contributed by atoms with van der Waals surface area (Å²) >= 11 is 0. The molecule has 0 radical (unpaired) electrons. The SMILES string of the molecule is O=C(O)C1(O)C=C(O)C(O)[C@H](O)C1. The van der Waals surface area contributed by atoms with E-state index in [-0.39, 0.29) is 0 Å². The molecule has 6 heteroatoms. The Labute approximate surface area is 73.4 Å². The molecule has 0 aromatic heterocycles. The highest BCUT2D eigenvalue weighted by molar-refractivity contribution is 5.80. The Kier molecular flexibility index (Phi) is 2.29. The molecule has 0 aromatic rings. The first kappa shape index (κ1) is 9.97. The van der Waals surface area contributed by atoms with Gasteiger partial charge in [-0.05, 0) is 6.08 Å². The van der Waals surface area contributed by atoms with Gasteiger partial charge in [-0.2, -0.15) is 0 Å². The predicted octanol–water partition coefficient (Wildman–Crippen LogP) is -1.63. The molecule has 0 saturated heterocycles. The molecule has 0 fully saturated rings. The minimum Gasteiger partial charge on any atom is -0.510 e. The average molecular weight is 190 g/mol. The molecule has 0 aromatic carbocycles. The van der Waals surface area contributed by atoms with E-state index in [0.29, 0.717) is 6.08 Å². The van der Waals surface area contributed by atoms with Crippen molar-refractivity contribution in [2.24, 2.45) is 0 Å². The van der Waals surface area contributed by atoms with Crippen molar-refractivity contribution in [2.75, 3.05) is 0 Å². The Bertz CT molecular complexity index is 260. The van der Waals surface area contributed by atoms with Gasteiger partial charge in [0.25, 0.3) is 0 Å². The smallest absolute Gasteiger partial charge is 0.340 e. The highest BCUT2D eigenvalue weighted by Crippen LogP contribution is 2.26. The van der Waals surface area contributed by atoms with E-state index in [1.54, 1.807) is 0 Å². The second-order valence-corrected chi connectivity index (χ2v) is 3.01. The molecule has 0 heterocycles. The van der Waals surface area contributed by atoms with Crippen LogP contribution in [0.5, 0.6) is 0 Å². The standard InChI is InChI=1S/C7H10O6/c8-3-1-7(13,6(11)12)2-4(9)5(3)10/h1,4-5,8-10,13H,2H2,(H,11,12)/t4-,5?,7?/m1/s1. The van der Waals surface area contributed by atoms with Gasteiger partial charge in [0.2, 0.25) is 0 Å². The van der Waals surface area contributed by atoms with Crippen LogP contribution in [0.15, 0.2) is 11.8 Å². The lowest BCUT2D eigenvalue weighted by Gasteiger charge is -2.30. The van der Waals surface area contributed by atoms with Gasteiger partial charge >= 0.3 is 5.97 Å². The van der Waals surface area contributed by atoms with E-state index in [9.17, 15) is 9.90 Å². The van der Waals surface area contributed by atoms with Crippen molar-refractivity contribution in [1.82, 2.24) is 0 Å². The molecule has 74 valence electrons. The lowest BCUT2D eigenvalue weighted by Crippen LogP contribution is -2.48. The summed E-state index contributed by atoms with van der Waals surface area (Å²) < 4.78 is 0. The number of aliphatic carboxylic acids is 1. The van der Waals surface area contributed by atoms with E-state index >= 15 is 0 Å². The first-order chi connectivity index (χ1) is 5.87. The fourth-order valence-electron chi connectivity index (χ4n) is 1.17. The zero-order chi connectivity index (χ0) is 10.2. The van der Waals surface area contributed by atoms with E-state index in [1.165, 1.54) is 0 Å². The number of aliphatic hydroxyl groups is 4. The first-order valence-corrected chi connectivity index (χ1v) is 3.60. The van der Waals surface area contributed by atoms with Crippen molar-refractivity contribution in [3.05, 3.63) is 11.8 Å². The Morgan fingerprint density at radius 1 is 1.54 bits per heavy atom. The molecule has 5 N–H and O–H groups in total. The summed E-state index contributed by atoms with van der Waals surface area (Å²) in [7, 11) is 0. The maximum Gasteiger partial charge on any atom is 0.340 e. The number of carbonyl (C=O) groups is 1. The van der Waals surface area contributed by atoms with Crippen molar-refractivity contribution >= 4 is 5.97 Å². The average Bonchev–Trinajstić information content (AvgIpc) is 2.00. The van der Waals surface area contributed by atoms with Crippen LogP contribution in [-0.2, 0) is 4.79 Å². The summed E-state index contributed by atoms with van der Waals surface area (Å²) in [6.45, 7) is 0. The molecule has 0 aliphatic heterocycles. The van der Waals surface area contributed by atoms with E-state index in [2.05, 4.69) is 0 Å². The maximum absolute atomic E-state index is 10.5. The zero-order valence-electron chi connectivity index (χ0n) is 6.58. The summed E-state index contributed by atoms with van der Waals surface area (Å²) in [6, 6.07) is 0. The van der Waals surface area contributed by atoms with E-state index < -0.39 is 36.0 Å². The lowest BCUT2D eigenvalue weighted by molar-refractivity contribution is -0.159. The first-order valence-electron chi connectivity index (χ1n) is 3.60. The van der Waals surface area contributed by atoms with Crippen molar-refractivity contribution in [2.45, 2.75) is 24.2 Å². The summed E-state index contributed by atoms with van der Waals surface area (Å²) in [5.41, 5.74) is -2.30. The molecular formula is C7H10O6. The van der Waals surface area contributed by atoms with Crippen LogP contribution in [0.2, 0.25) is 0 Å². The van der Waals surface area contributed by atoms with Gasteiger partial charge < -0.3 is 25.5 Å². The number of hydrogen-bond acceptors (Lipinski definition) is 5. The molecule has 13 heavy (non-hydrogen) atoms. The monoisotopic (exact) mass is 190 g/mol. The molecule has 3 atom stereocenters. The third kappa shape index (κ3) is 1.64.